The van der Waals surface area contributed by atoms with E-state index in [1.54, 1.807) is 18.4 Å². The van der Waals surface area contributed by atoms with Crippen molar-refractivity contribution < 1.29 is 4.74 Å². The van der Waals surface area contributed by atoms with Crippen LogP contribution in [0.1, 0.15) is 35.9 Å². The molecule has 1 heterocycles. The normalized spacial score (nSPS) is 11.0. The van der Waals surface area contributed by atoms with Gasteiger partial charge in [0.1, 0.15) is 5.75 Å². The average molecular weight is 341 g/mol. The predicted octanol–water partition coefficient (Wildman–Crippen LogP) is 4.21. The fourth-order valence-electron chi connectivity index (χ4n) is 1.95. The summed E-state index contributed by atoms with van der Waals surface area (Å²) in [6.07, 6.45) is 0.820. The van der Waals surface area contributed by atoms with E-state index in [2.05, 4.69) is 34.8 Å². The van der Waals surface area contributed by atoms with E-state index in [0.29, 0.717) is 11.0 Å². The Morgan fingerprint density at radius 2 is 2.16 bits per heavy atom. The molecule has 19 heavy (non-hydrogen) atoms. The number of halogens is 1. The molecular weight excluding hydrogens is 324 g/mol. The third-order valence-electron chi connectivity index (χ3n) is 2.89. The fourth-order valence-corrected chi connectivity index (χ4v) is 3.34. The lowest BCUT2D eigenvalue weighted by molar-refractivity contribution is 0.414. The molecule has 0 aliphatic rings. The Labute approximate surface area is 125 Å². The number of methoxy groups -OCH3 is 1. The van der Waals surface area contributed by atoms with Crippen LogP contribution in [0.5, 0.6) is 5.75 Å². The van der Waals surface area contributed by atoms with Gasteiger partial charge in [0.05, 0.1) is 12.8 Å². The zero-order valence-electron chi connectivity index (χ0n) is 11.2. The highest BCUT2D eigenvalue weighted by atomic mass is 79.9. The van der Waals surface area contributed by atoms with Crippen molar-refractivity contribution in [1.82, 2.24) is 4.98 Å². The van der Waals surface area contributed by atoms with Gasteiger partial charge < -0.3 is 10.5 Å². The number of nitrogens with zero attached hydrogens (tertiary/aromatic N) is 1. The zero-order chi connectivity index (χ0) is 14.0. The summed E-state index contributed by atoms with van der Waals surface area (Å²) in [7, 11) is 1.68. The third-order valence-corrected chi connectivity index (χ3v) is 4.57. The minimum atomic E-state index is 0.382. The second-order valence-corrected chi connectivity index (χ2v) is 6.62. The molecule has 0 aliphatic carbocycles. The molecule has 0 unspecified atom stereocenters. The molecule has 0 fully saturated rings. The highest BCUT2D eigenvalue weighted by Gasteiger charge is 2.14. The van der Waals surface area contributed by atoms with Gasteiger partial charge in [0.15, 0.2) is 5.13 Å². The molecule has 3 nitrogen and oxygen atoms in total. The quantitative estimate of drug-likeness (QED) is 0.906. The highest BCUT2D eigenvalue weighted by Crippen LogP contribution is 2.32. The Balaban J connectivity index is 2.35. The van der Waals surface area contributed by atoms with Gasteiger partial charge in [-0.05, 0) is 29.7 Å². The van der Waals surface area contributed by atoms with Crippen molar-refractivity contribution in [2.45, 2.75) is 26.2 Å². The van der Waals surface area contributed by atoms with E-state index in [1.165, 1.54) is 10.4 Å². The first-order valence-electron chi connectivity index (χ1n) is 6.08. The number of thiazole rings is 1. The van der Waals surface area contributed by atoms with Crippen LogP contribution in [-0.2, 0) is 6.42 Å². The molecule has 1 aromatic carbocycles. The Hall–Kier alpha value is -1.07. The minimum Gasteiger partial charge on any atom is -0.497 e. The van der Waals surface area contributed by atoms with Gasteiger partial charge in [0, 0.05) is 15.8 Å². The van der Waals surface area contributed by atoms with Crippen LogP contribution in [0, 0.1) is 0 Å². The third kappa shape index (κ3) is 3.28. The molecule has 5 heteroatoms. The maximum Gasteiger partial charge on any atom is 0.180 e. The van der Waals surface area contributed by atoms with E-state index in [4.69, 9.17) is 10.5 Å². The number of anilines is 1. The van der Waals surface area contributed by atoms with Gasteiger partial charge in [-0.2, -0.15) is 0 Å². The summed E-state index contributed by atoms with van der Waals surface area (Å²) in [4.78, 5) is 5.65. The summed E-state index contributed by atoms with van der Waals surface area (Å²) < 4.78 is 6.35. The SMILES string of the molecule is COc1ccc(Br)c(Cc2sc(N)nc2C(C)C)c1. The van der Waals surface area contributed by atoms with E-state index >= 15 is 0 Å². The molecular formula is C14H17BrN2OS. The second kappa shape index (κ2) is 5.92. The van der Waals surface area contributed by atoms with Gasteiger partial charge in [-0.3, -0.25) is 0 Å². The number of benzene rings is 1. The largest absolute Gasteiger partial charge is 0.497 e. The van der Waals surface area contributed by atoms with E-state index in [9.17, 15) is 0 Å². The van der Waals surface area contributed by atoms with Gasteiger partial charge in [0.25, 0.3) is 0 Å². The lowest BCUT2D eigenvalue weighted by atomic mass is 10.0. The van der Waals surface area contributed by atoms with E-state index in [0.717, 1.165) is 22.3 Å². The standard InChI is InChI=1S/C14H17BrN2OS/c1-8(2)13-12(19-14(16)17-13)7-9-6-10(18-3)4-5-11(9)15/h4-6,8H,7H2,1-3H3,(H2,16,17). The molecule has 102 valence electrons. The monoisotopic (exact) mass is 340 g/mol. The lowest BCUT2D eigenvalue weighted by Gasteiger charge is -2.08. The molecule has 0 atom stereocenters. The van der Waals surface area contributed by atoms with Gasteiger partial charge in [-0.15, -0.1) is 11.3 Å². The molecule has 0 amide bonds. The first-order chi connectivity index (χ1) is 9.01. The summed E-state index contributed by atoms with van der Waals surface area (Å²) >= 11 is 5.15. The van der Waals surface area contributed by atoms with Crippen LogP contribution in [0.3, 0.4) is 0 Å². The molecule has 0 bridgehead atoms. The average Bonchev–Trinajstić information content (AvgIpc) is 2.73. The Morgan fingerprint density at radius 1 is 1.42 bits per heavy atom. The smallest absolute Gasteiger partial charge is 0.180 e. The van der Waals surface area contributed by atoms with Crippen molar-refractivity contribution in [2.24, 2.45) is 0 Å². The van der Waals surface area contributed by atoms with Crippen molar-refractivity contribution >= 4 is 32.4 Å². The van der Waals surface area contributed by atoms with Crippen LogP contribution in [0.25, 0.3) is 0 Å². The van der Waals surface area contributed by atoms with Gasteiger partial charge in [0.2, 0.25) is 0 Å². The minimum absolute atomic E-state index is 0.382. The molecule has 2 aromatic rings. The van der Waals surface area contributed by atoms with Crippen molar-refractivity contribution in [3.63, 3.8) is 0 Å². The first kappa shape index (κ1) is 14.3. The van der Waals surface area contributed by atoms with Crippen LogP contribution >= 0.6 is 27.3 Å². The number of aromatic nitrogens is 1. The van der Waals surface area contributed by atoms with Gasteiger partial charge >= 0.3 is 0 Å². The number of rotatable bonds is 4. The molecule has 0 saturated carbocycles. The van der Waals surface area contributed by atoms with E-state index in [-0.39, 0.29) is 0 Å². The number of nitrogen functional groups attached to an aromatic ring is 1. The lowest BCUT2D eigenvalue weighted by Crippen LogP contribution is -1.96. The molecule has 2 rings (SSSR count). The summed E-state index contributed by atoms with van der Waals surface area (Å²) in [6.45, 7) is 4.28. The summed E-state index contributed by atoms with van der Waals surface area (Å²) in [5.74, 6) is 1.25. The molecule has 0 saturated heterocycles. The first-order valence-corrected chi connectivity index (χ1v) is 7.69. The molecule has 0 radical (unpaired) electrons. The number of hydrogen-bond acceptors (Lipinski definition) is 4. The van der Waals surface area contributed by atoms with Crippen LogP contribution in [0.2, 0.25) is 0 Å². The zero-order valence-corrected chi connectivity index (χ0v) is 13.6. The number of hydrogen-bond donors (Lipinski definition) is 1. The predicted molar refractivity (Wildman–Crippen MR) is 84.1 cm³/mol. The number of nitrogens with two attached hydrogens (primary N) is 1. The van der Waals surface area contributed by atoms with E-state index < -0.39 is 0 Å². The topological polar surface area (TPSA) is 48.1 Å². The van der Waals surface area contributed by atoms with Crippen molar-refractivity contribution in [2.75, 3.05) is 12.8 Å². The molecule has 2 N–H and O–H groups in total. The van der Waals surface area contributed by atoms with Crippen LogP contribution in [-0.4, -0.2) is 12.1 Å². The van der Waals surface area contributed by atoms with Crippen LogP contribution in [0.15, 0.2) is 22.7 Å². The Morgan fingerprint density at radius 3 is 2.79 bits per heavy atom. The van der Waals surface area contributed by atoms with Gasteiger partial charge in [-0.1, -0.05) is 29.8 Å². The Kier molecular flexibility index (Phi) is 4.47. The summed E-state index contributed by atoms with van der Waals surface area (Å²) in [5, 5.41) is 0.637. The number of ether oxygens (including phenoxy) is 1. The van der Waals surface area contributed by atoms with Crippen molar-refractivity contribution in [1.29, 1.82) is 0 Å². The second-order valence-electron chi connectivity index (χ2n) is 4.65. The molecule has 1 aromatic heterocycles. The fraction of sp³-hybridized carbons (Fsp3) is 0.357. The van der Waals surface area contributed by atoms with Crippen LogP contribution in [0.4, 0.5) is 5.13 Å². The van der Waals surface area contributed by atoms with Crippen LogP contribution < -0.4 is 10.5 Å². The summed E-state index contributed by atoms with van der Waals surface area (Å²) in [6, 6.07) is 6.00. The maximum absolute atomic E-state index is 5.84. The molecule has 0 spiro atoms. The summed E-state index contributed by atoms with van der Waals surface area (Å²) in [5.41, 5.74) is 8.12. The van der Waals surface area contributed by atoms with Crippen molar-refractivity contribution in [3.8, 4) is 5.75 Å². The maximum atomic E-state index is 5.84. The molecule has 0 aliphatic heterocycles. The Bertz CT molecular complexity index is 581. The van der Waals surface area contributed by atoms with Crippen molar-refractivity contribution in [3.05, 3.63) is 38.8 Å². The van der Waals surface area contributed by atoms with Gasteiger partial charge in [-0.25, -0.2) is 4.98 Å². The highest BCUT2D eigenvalue weighted by molar-refractivity contribution is 9.10. The van der Waals surface area contributed by atoms with E-state index in [1.807, 2.05) is 18.2 Å².